The maximum absolute atomic E-state index is 13.4. The molecule has 3 heteroatoms. The second-order valence-electron chi connectivity index (χ2n) is 3.94. The van der Waals surface area contributed by atoms with Crippen LogP contribution < -0.4 is 0 Å². The highest BCUT2D eigenvalue weighted by Crippen LogP contribution is 2.23. The van der Waals surface area contributed by atoms with Gasteiger partial charge in [0.25, 0.3) is 0 Å². The van der Waals surface area contributed by atoms with Gasteiger partial charge in [0.2, 0.25) is 0 Å². The van der Waals surface area contributed by atoms with E-state index < -0.39 is 5.97 Å². The first-order valence-electron chi connectivity index (χ1n) is 4.90. The summed E-state index contributed by atoms with van der Waals surface area (Å²) in [5.41, 5.74) is 2.24. The first-order chi connectivity index (χ1) is 6.91. The quantitative estimate of drug-likeness (QED) is 0.832. The molecule has 1 N–H and O–H groups in total. The number of carboxylic acids is 1. The Labute approximate surface area is 88.7 Å². The molecule has 0 heterocycles. The molecule has 0 aromatic heterocycles. The third-order valence-electron chi connectivity index (χ3n) is 2.68. The predicted molar refractivity (Wildman–Crippen MR) is 56.5 cm³/mol. The Hall–Kier alpha value is -1.38. The molecule has 0 radical (unpaired) electrons. The van der Waals surface area contributed by atoms with E-state index in [0.29, 0.717) is 5.56 Å². The lowest BCUT2D eigenvalue weighted by atomic mass is 9.94. The van der Waals surface area contributed by atoms with Crippen LogP contribution in [-0.2, 0) is 4.79 Å². The number of hydrogen-bond donors (Lipinski definition) is 1. The monoisotopic (exact) mass is 210 g/mol. The second kappa shape index (κ2) is 4.43. The maximum atomic E-state index is 13.4. The van der Waals surface area contributed by atoms with E-state index >= 15 is 0 Å². The molecule has 1 atom stereocenters. The molecular weight excluding hydrogens is 195 g/mol. The Morgan fingerprint density at radius 2 is 2.07 bits per heavy atom. The van der Waals surface area contributed by atoms with Crippen LogP contribution in [0.15, 0.2) is 12.1 Å². The summed E-state index contributed by atoms with van der Waals surface area (Å²) in [5.74, 6) is -1.28. The molecule has 15 heavy (non-hydrogen) atoms. The van der Waals surface area contributed by atoms with Crippen molar-refractivity contribution in [2.24, 2.45) is 0 Å². The normalized spacial score (nSPS) is 12.5. The highest BCUT2D eigenvalue weighted by Gasteiger charge is 2.12. The predicted octanol–water partition coefficient (Wildman–Crippen LogP) is 3.02. The first kappa shape index (κ1) is 11.7. The van der Waals surface area contributed by atoms with E-state index in [4.69, 9.17) is 5.11 Å². The fraction of sp³-hybridized carbons (Fsp3) is 0.417. The summed E-state index contributed by atoms with van der Waals surface area (Å²) in [7, 11) is 0. The van der Waals surface area contributed by atoms with Gasteiger partial charge in [-0.25, -0.2) is 4.39 Å². The number of hydrogen-bond acceptors (Lipinski definition) is 1. The van der Waals surface area contributed by atoms with Crippen LogP contribution in [-0.4, -0.2) is 11.1 Å². The Balaban J connectivity index is 3.00. The van der Waals surface area contributed by atoms with Gasteiger partial charge in [-0.1, -0.05) is 13.0 Å². The minimum Gasteiger partial charge on any atom is -0.481 e. The largest absolute Gasteiger partial charge is 0.481 e. The molecule has 0 saturated carbocycles. The molecule has 0 bridgehead atoms. The van der Waals surface area contributed by atoms with Crippen molar-refractivity contribution in [2.75, 3.05) is 0 Å². The molecule has 0 aliphatic heterocycles. The second-order valence-corrected chi connectivity index (χ2v) is 3.94. The average molecular weight is 210 g/mol. The van der Waals surface area contributed by atoms with Crippen LogP contribution in [0.25, 0.3) is 0 Å². The topological polar surface area (TPSA) is 37.3 Å². The van der Waals surface area contributed by atoms with Gasteiger partial charge in [0, 0.05) is 0 Å². The summed E-state index contributed by atoms with van der Waals surface area (Å²) in [6.45, 7) is 5.34. The van der Waals surface area contributed by atoms with E-state index in [1.165, 1.54) is 6.07 Å². The molecule has 0 fully saturated rings. The zero-order chi connectivity index (χ0) is 11.6. The van der Waals surface area contributed by atoms with Crippen molar-refractivity contribution in [2.45, 2.75) is 33.1 Å². The number of aryl methyl sites for hydroxylation is 1. The molecule has 2 nitrogen and oxygen atoms in total. The summed E-state index contributed by atoms with van der Waals surface area (Å²) in [4.78, 5) is 10.5. The van der Waals surface area contributed by atoms with Crippen molar-refractivity contribution in [1.29, 1.82) is 0 Å². The van der Waals surface area contributed by atoms with Gasteiger partial charge >= 0.3 is 5.97 Å². The summed E-state index contributed by atoms with van der Waals surface area (Å²) in [6.07, 6.45) is 0.0297. The van der Waals surface area contributed by atoms with Gasteiger partial charge in [-0.05, 0) is 42.5 Å². The zero-order valence-corrected chi connectivity index (χ0v) is 9.17. The molecule has 1 aromatic carbocycles. The van der Waals surface area contributed by atoms with E-state index in [1.54, 1.807) is 13.8 Å². The van der Waals surface area contributed by atoms with Crippen LogP contribution >= 0.6 is 0 Å². The Kier molecular flexibility index (Phi) is 3.45. The zero-order valence-electron chi connectivity index (χ0n) is 9.17. The van der Waals surface area contributed by atoms with Gasteiger partial charge < -0.3 is 5.11 Å². The van der Waals surface area contributed by atoms with E-state index in [1.807, 2.05) is 13.0 Å². The molecule has 1 aromatic rings. The SMILES string of the molecule is Cc1cc(C(C)CC(=O)O)cc(F)c1C. The van der Waals surface area contributed by atoms with E-state index in [2.05, 4.69) is 0 Å². The van der Waals surface area contributed by atoms with Crippen LogP contribution in [0.3, 0.4) is 0 Å². The summed E-state index contributed by atoms with van der Waals surface area (Å²) in [6, 6.07) is 3.28. The molecule has 1 rings (SSSR count). The van der Waals surface area contributed by atoms with Crippen molar-refractivity contribution in [1.82, 2.24) is 0 Å². The van der Waals surface area contributed by atoms with Crippen molar-refractivity contribution >= 4 is 5.97 Å². The lowest BCUT2D eigenvalue weighted by Gasteiger charge is -2.12. The van der Waals surface area contributed by atoms with Crippen LogP contribution in [0.1, 0.15) is 36.0 Å². The van der Waals surface area contributed by atoms with Gasteiger partial charge in [0.15, 0.2) is 0 Å². The number of carbonyl (C=O) groups is 1. The number of halogens is 1. The van der Waals surface area contributed by atoms with Gasteiger partial charge in [-0.3, -0.25) is 4.79 Å². The fourth-order valence-electron chi connectivity index (χ4n) is 1.51. The van der Waals surface area contributed by atoms with Crippen molar-refractivity contribution in [3.63, 3.8) is 0 Å². The summed E-state index contributed by atoms with van der Waals surface area (Å²) >= 11 is 0. The van der Waals surface area contributed by atoms with Crippen LogP contribution in [0, 0.1) is 19.7 Å². The Morgan fingerprint density at radius 3 is 2.53 bits per heavy atom. The van der Waals surface area contributed by atoms with Crippen molar-refractivity contribution in [3.05, 3.63) is 34.6 Å². The minimum absolute atomic E-state index is 0.0297. The van der Waals surface area contributed by atoms with Gasteiger partial charge in [0.1, 0.15) is 5.82 Å². The van der Waals surface area contributed by atoms with Gasteiger partial charge in [-0.15, -0.1) is 0 Å². The molecule has 82 valence electrons. The van der Waals surface area contributed by atoms with Crippen LogP contribution in [0.5, 0.6) is 0 Å². The standard InChI is InChI=1S/C12H15FO2/c1-7-4-10(6-11(13)9(7)3)8(2)5-12(14)15/h4,6,8H,5H2,1-3H3,(H,14,15). The highest BCUT2D eigenvalue weighted by atomic mass is 19.1. The highest BCUT2D eigenvalue weighted by molar-refractivity contribution is 5.68. The molecule has 0 saturated heterocycles. The lowest BCUT2D eigenvalue weighted by Crippen LogP contribution is -2.04. The number of carboxylic acid groups (broad SMARTS) is 1. The molecular formula is C12H15FO2. The lowest BCUT2D eigenvalue weighted by molar-refractivity contribution is -0.137. The van der Waals surface area contributed by atoms with Crippen LogP contribution in [0.2, 0.25) is 0 Å². The maximum Gasteiger partial charge on any atom is 0.303 e. The summed E-state index contributed by atoms with van der Waals surface area (Å²) in [5, 5.41) is 8.64. The van der Waals surface area contributed by atoms with E-state index in [0.717, 1.165) is 11.1 Å². The fourth-order valence-corrected chi connectivity index (χ4v) is 1.51. The van der Waals surface area contributed by atoms with Gasteiger partial charge in [0.05, 0.1) is 6.42 Å². The Morgan fingerprint density at radius 1 is 1.47 bits per heavy atom. The molecule has 1 unspecified atom stereocenters. The smallest absolute Gasteiger partial charge is 0.303 e. The van der Waals surface area contributed by atoms with Gasteiger partial charge in [-0.2, -0.15) is 0 Å². The van der Waals surface area contributed by atoms with E-state index in [-0.39, 0.29) is 18.2 Å². The molecule has 0 amide bonds. The summed E-state index contributed by atoms with van der Waals surface area (Å²) < 4.78 is 13.4. The number of rotatable bonds is 3. The van der Waals surface area contributed by atoms with Crippen molar-refractivity contribution < 1.29 is 14.3 Å². The first-order valence-corrected chi connectivity index (χ1v) is 4.90. The number of aliphatic carboxylic acids is 1. The Bertz CT molecular complexity index is 362. The average Bonchev–Trinajstić information content (AvgIpc) is 2.12. The third kappa shape index (κ3) is 2.78. The van der Waals surface area contributed by atoms with E-state index in [9.17, 15) is 9.18 Å². The van der Waals surface area contributed by atoms with Crippen LogP contribution in [0.4, 0.5) is 4.39 Å². The molecule has 0 aliphatic carbocycles. The third-order valence-corrected chi connectivity index (χ3v) is 2.68. The minimum atomic E-state index is -0.860. The van der Waals surface area contributed by atoms with Crippen molar-refractivity contribution in [3.8, 4) is 0 Å². The number of benzene rings is 1. The molecule has 0 aliphatic rings. The molecule has 0 spiro atoms.